The predicted octanol–water partition coefficient (Wildman–Crippen LogP) is 2.71. The van der Waals surface area contributed by atoms with E-state index in [4.69, 9.17) is 0 Å². The lowest BCUT2D eigenvalue weighted by Crippen LogP contribution is -2.19. The second-order valence-corrected chi connectivity index (χ2v) is 4.02. The Kier molecular flexibility index (Phi) is 2.29. The van der Waals surface area contributed by atoms with Gasteiger partial charge in [0.1, 0.15) is 5.78 Å². The normalized spacial score (nSPS) is 35.8. The molecule has 0 aliphatic heterocycles. The number of hydrogen-bond acceptors (Lipinski definition) is 1. The Labute approximate surface area is 73.8 Å². The van der Waals surface area contributed by atoms with E-state index >= 15 is 0 Å². The number of carbonyl (C=O) groups excluding carboxylic acids is 1. The Morgan fingerprint density at radius 1 is 1.00 bits per heavy atom. The molecule has 0 aromatic rings. The molecule has 1 heteroatoms. The number of Topliss-reactive ketones (excluding diaryl/α,β-unsaturated/α-hetero) is 1. The molecule has 0 aromatic heterocycles. The maximum Gasteiger partial charge on any atom is 0.139 e. The predicted molar refractivity (Wildman–Crippen MR) is 48.8 cm³/mol. The van der Waals surface area contributed by atoms with Gasteiger partial charge in [0.2, 0.25) is 0 Å². The Balaban J connectivity index is 2.18. The molecule has 0 radical (unpaired) electrons. The van der Waals surface area contributed by atoms with Gasteiger partial charge in [-0.3, -0.25) is 4.79 Å². The summed E-state index contributed by atoms with van der Waals surface area (Å²) >= 11 is 0. The molecule has 2 rings (SSSR count). The minimum absolute atomic E-state index is 0.372. The molecule has 1 saturated carbocycles. The van der Waals surface area contributed by atoms with E-state index in [-0.39, 0.29) is 0 Å². The van der Waals surface area contributed by atoms with Gasteiger partial charge in [0, 0.05) is 11.8 Å². The van der Waals surface area contributed by atoms with Gasteiger partial charge in [-0.1, -0.05) is 25.0 Å². The van der Waals surface area contributed by atoms with Crippen LogP contribution >= 0.6 is 0 Å². The van der Waals surface area contributed by atoms with Crippen LogP contribution in [0.25, 0.3) is 0 Å². The number of fused-ring (bicyclic) bond motifs is 2. The van der Waals surface area contributed by atoms with E-state index in [0.717, 1.165) is 25.7 Å². The Morgan fingerprint density at radius 2 is 1.50 bits per heavy atom. The first-order chi connectivity index (χ1) is 5.88. The van der Waals surface area contributed by atoms with E-state index in [1.807, 2.05) is 0 Å². The number of carbonyl (C=O) groups is 1. The van der Waals surface area contributed by atoms with Gasteiger partial charge in [-0.2, -0.15) is 0 Å². The zero-order valence-electron chi connectivity index (χ0n) is 7.46. The van der Waals surface area contributed by atoms with Crippen LogP contribution in [-0.2, 0) is 4.79 Å². The van der Waals surface area contributed by atoms with Crippen molar-refractivity contribution in [2.24, 2.45) is 11.8 Å². The first-order valence-electron chi connectivity index (χ1n) is 5.06. The van der Waals surface area contributed by atoms with Crippen molar-refractivity contribution in [1.82, 2.24) is 0 Å². The second kappa shape index (κ2) is 3.42. The van der Waals surface area contributed by atoms with Crippen LogP contribution in [-0.4, -0.2) is 5.78 Å². The molecule has 0 amide bonds. The van der Waals surface area contributed by atoms with Gasteiger partial charge >= 0.3 is 0 Å². The molecule has 1 fully saturated rings. The average molecular weight is 164 g/mol. The highest BCUT2D eigenvalue weighted by atomic mass is 16.1. The van der Waals surface area contributed by atoms with Crippen molar-refractivity contribution in [2.45, 2.75) is 38.5 Å². The molecule has 0 spiro atoms. The van der Waals surface area contributed by atoms with E-state index in [1.54, 1.807) is 0 Å². The monoisotopic (exact) mass is 164 g/mol. The fourth-order valence-electron chi connectivity index (χ4n) is 2.39. The fraction of sp³-hybridized carbons (Fsp3) is 0.727. The van der Waals surface area contributed by atoms with Crippen molar-refractivity contribution < 1.29 is 4.79 Å². The van der Waals surface area contributed by atoms with Crippen molar-refractivity contribution in [1.29, 1.82) is 0 Å². The van der Waals surface area contributed by atoms with Gasteiger partial charge in [0.05, 0.1) is 0 Å². The van der Waals surface area contributed by atoms with Crippen molar-refractivity contribution in [3.63, 3.8) is 0 Å². The molecule has 0 aromatic carbocycles. The Morgan fingerprint density at radius 3 is 2.00 bits per heavy atom. The van der Waals surface area contributed by atoms with E-state index in [0.29, 0.717) is 17.6 Å². The molecule has 66 valence electrons. The van der Waals surface area contributed by atoms with Gasteiger partial charge in [-0.25, -0.2) is 0 Å². The van der Waals surface area contributed by atoms with Crippen LogP contribution in [0.4, 0.5) is 0 Å². The third-order valence-corrected chi connectivity index (χ3v) is 3.17. The maximum absolute atomic E-state index is 11.8. The SMILES string of the molecule is O=C1[C@@H]2CC=CC[C@H]1CCCC2. The molecule has 2 bridgehead atoms. The van der Waals surface area contributed by atoms with Crippen molar-refractivity contribution in [2.75, 3.05) is 0 Å². The van der Waals surface area contributed by atoms with Crippen LogP contribution in [0.15, 0.2) is 12.2 Å². The summed E-state index contributed by atoms with van der Waals surface area (Å²) in [5, 5.41) is 0. The number of rotatable bonds is 0. The topological polar surface area (TPSA) is 17.1 Å². The summed E-state index contributed by atoms with van der Waals surface area (Å²) in [6.45, 7) is 0. The molecule has 2 aliphatic carbocycles. The summed E-state index contributed by atoms with van der Waals surface area (Å²) < 4.78 is 0. The molecule has 0 saturated heterocycles. The average Bonchev–Trinajstić information content (AvgIpc) is 2.37. The summed E-state index contributed by atoms with van der Waals surface area (Å²) in [7, 11) is 0. The third kappa shape index (κ3) is 1.45. The minimum Gasteiger partial charge on any atom is -0.299 e. The van der Waals surface area contributed by atoms with Gasteiger partial charge in [0.25, 0.3) is 0 Å². The Bertz CT molecular complexity index is 185. The quantitative estimate of drug-likeness (QED) is 0.503. The van der Waals surface area contributed by atoms with Crippen LogP contribution < -0.4 is 0 Å². The van der Waals surface area contributed by atoms with Crippen LogP contribution in [0.3, 0.4) is 0 Å². The molecule has 0 heterocycles. The van der Waals surface area contributed by atoms with Crippen LogP contribution in [0.2, 0.25) is 0 Å². The molecular formula is C11H16O. The lowest BCUT2D eigenvalue weighted by Gasteiger charge is -2.13. The summed E-state index contributed by atoms with van der Waals surface area (Å²) in [4.78, 5) is 11.8. The van der Waals surface area contributed by atoms with E-state index in [2.05, 4.69) is 12.2 Å². The van der Waals surface area contributed by atoms with E-state index in [9.17, 15) is 4.79 Å². The number of allylic oxidation sites excluding steroid dienone is 2. The molecule has 0 unspecified atom stereocenters. The van der Waals surface area contributed by atoms with Crippen LogP contribution in [0, 0.1) is 11.8 Å². The highest BCUT2D eigenvalue weighted by Gasteiger charge is 2.28. The van der Waals surface area contributed by atoms with Crippen LogP contribution in [0.1, 0.15) is 38.5 Å². The third-order valence-electron chi connectivity index (χ3n) is 3.17. The summed E-state index contributed by atoms with van der Waals surface area (Å²) in [5.74, 6) is 1.30. The van der Waals surface area contributed by atoms with Gasteiger partial charge in [-0.05, 0) is 25.7 Å². The highest BCUT2D eigenvalue weighted by Crippen LogP contribution is 2.31. The van der Waals surface area contributed by atoms with Gasteiger partial charge in [0.15, 0.2) is 0 Å². The largest absolute Gasteiger partial charge is 0.299 e. The first-order valence-corrected chi connectivity index (χ1v) is 5.06. The Hall–Kier alpha value is -0.590. The van der Waals surface area contributed by atoms with E-state index in [1.165, 1.54) is 12.8 Å². The zero-order valence-corrected chi connectivity index (χ0v) is 7.46. The lowest BCUT2D eigenvalue weighted by molar-refractivity contribution is -0.126. The maximum atomic E-state index is 11.8. The molecule has 2 aliphatic rings. The second-order valence-electron chi connectivity index (χ2n) is 4.02. The summed E-state index contributed by atoms with van der Waals surface area (Å²) in [5.41, 5.74) is 0. The molecule has 1 nitrogen and oxygen atoms in total. The van der Waals surface area contributed by atoms with Gasteiger partial charge < -0.3 is 0 Å². The lowest BCUT2D eigenvalue weighted by atomic mass is 9.90. The van der Waals surface area contributed by atoms with Gasteiger partial charge in [-0.15, -0.1) is 0 Å². The molecule has 0 N–H and O–H groups in total. The van der Waals surface area contributed by atoms with Crippen molar-refractivity contribution in [3.8, 4) is 0 Å². The summed E-state index contributed by atoms with van der Waals surface area (Å²) in [6.07, 6.45) is 11.2. The number of ketones is 1. The highest BCUT2D eigenvalue weighted by molar-refractivity contribution is 5.84. The standard InChI is InChI=1S/C11H16O/c12-11-9-5-1-2-6-10(11)8-4-3-7-9/h1-2,9-10H,3-8H2/t9-,10+. The molecule has 2 atom stereocenters. The summed E-state index contributed by atoms with van der Waals surface area (Å²) in [6, 6.07) is 0. The minimum atomic E-state index is 0.372. The molecule has 12 heavy (non-hydrogen) atoms. The fourth-order valence-corrected chi connectivity index (χ4v) is 2.39. The van der Waals surface area contributed by atoms with Crippen molar-refractivity contribution >= 4 is 5.78 Å². The van der Waals surface area contributed by atoms with E-state index < -0.39 is 0 Å². The zero-order chi connectivity index (χ0) is 8.39. The molecular weight excluding hydrogens is 148 g/mol. The van der Waals surface area contributed by atoms with Crippen LogP contribution in [0.5, 0.6) is 0 Å². The first kappa shape index (κ1) is 8.03. The van der Waals surface area contributed by atoms with Crippen molar-refractivity contribution in [3.05, 3.63) is 12.2 Å². The number of hydrogen-bond donors (Lipinski definition) is 0. The smallest absolute Gasteiger partial charge is 0.139 e.